The number of nitrogens with one attached hydrogen (secondary N) is 1. The van der Waals surface area contributed by atoms with Crippen molar-refractivity contribution in [2.75, 3.05) is 20.8 Å². The molecule has 0 unspecified atom stereocenters. The van der Waals surface area contributed by atoms with Crippen LogP contribution in [0, 0.1) is 5.92 Å². The van der Waals surface area contributed by atoms with E-state index >= 15 is 0 Å². The Bertz CT molecular complexity index is 673. The molecule has 7 heteroatoms. The molecule has 3 rings (SSSR count). The Kier molecular flexibility index (Phi) is 4.13. The third-order valence-corrected chi connectivity index (χ3v) is 4.85. The van der Waals surface area contributed by atoms with Crippen molar-refractivity contribution < 1.29 is 24.2 Å². The van der Waals surface area contributed by atoms with E-state index in [0.29, 0.717) is 17.1 Å². The zero-order valence-corrected chi connectivity index (χ0v) is 14.0. The van der Waals surface area contributed by atoms with Crippen LogP contribution in [0.4, 0.5) is 4.79 Å². The first-order valence-corrected chi connectivity index (χ1v) is 7.94. The number of amides is 3. The van der Waals surface area contributed by atoms with Gasteiger partial charge in [-0.1, -0.05) is 0 Å². The number of aliphatic hydroxyl groups is 1. The lowest BCUT2D eigenvalue weighted by molar-refractivity contribution is -0.132. The fourth-order valence-electron chi connectivity index (χ4n) is 3.19. The summed E-state index contributed by atoms with van der Waals surface area (Å²) in [5, 5.41) is 13.3. The standard InChI is InChI=1S/C17H22N2O5/c1-17(10-4-5-10)15(21)19(16(22)18-17)9-13(20)12-8-11(23-2)6-7-14(12)24-3/h6-8,10,13,20H,4-5,9H2,1-3H3,(H,18,22)/t13-,17-/m0/s1. The second kappa shape index (κ2) is 5.98. The van der Waals surface area contributed by atoms with E-state index < -0.39 is 17.7 Å². The highest BCUT2D eigenvalue weighted by Gasteiger charge is 2.56. The summed E-state index contributed by atoms with van der Waals surface area (Å²) < 4.78 is 10.4. The molecule has 130 valence electrons. The molecule has 24 heavy (non-hydrogen) atoms. The number of ether oxygens (including phenoxy) is 2. The highest BCUT2D eigenvalue weighted by Crippen LogP contribution is 2.43. The van der Waals surface area contributed by atoms with Crippen LogP contribution in [0.15, 0.2) is 18.2 Å². The molecular formula is C17H22N2O5. The van der Waals surface area contributed by atoms with Gasteiger partial charge in [0.15, 0.2) is 0 Å². The molecule has 2 fully saturated rings. The lowest BCUT2D eigenvalue weighted by atomic mass is 9.96. The Morgan fingerprint density at radius 3 is 2.62 bits per heavy atom. The number of hydrogen-bond donors (Lipinski definition) is 2. The van der Waals surface area contributed by atoms with Crippen molar-refractivity contribution in [2.45, 2.75) is 31.4 Å². The number of urea groups is 1. The van der Waals surface area contributed by atoms with E-state index in [9.17, 15) is 14.7 Å². The molecule has 0 aromatic heterocycles. The zero-order chi connectivity index (χ0) is 17.5. The molecule has 1 aromatic carbocycles. The van der Waals surface area contributed by atoms with Crippen LogP contribution in [0.3, 0.4) is 0 Å². The van der Waals surface area contributed by atoms with Crippen LogP contribution in [-0.2, 0) is 4.79 Å². The third kappa shape index (κ3) is 2.69. The second-order valence-corrected chi connectivity index (χ2v) is 6.45. The molecule has 2 N–H and O–H groups in total. The molecule has 3 amide bonds. The minimum absolute atomic E-state index is 0.128. The maximum atomic E-state index is 12.6. The van der Waals surface area contributed by atoms with Crippen LogP contribution >= 0.6 is 0 Å². The molecule has 7 nitrogen and oxygen atoms in total. The number of carbonyl (C=O) groups is 2. The first-order valence-electron chi connectivity index (χ1n) is 7.94. The topological polar surface area (TPSA) is 88.1 Å². The minimum atomic E-state index is -1.06. The lowest BCUT2D eigenvalue weighted by Crippen LogP contribution is -2.46. The predicted octanol–water partition coefficient (Wildman–Crippen LogP) is 1.46. The van der Waals surface area contributed by atoms with Gasteiger partial charge in [0.25, 0.3) is 5.91 Å². The van der Waals surface area contributed by atoms with Gasteiger partial charge in [-0.05, 0) is 43.9 Å². The van der Waals surface area contributed by atoms with Crippen LogP contribution in [0.25, 0.3) is 0 Å². The molecule has 2 aliphatic rings. The highest BCUT2D eigenvalue weighted by molar-refractivity contribution is 6.07. The Balaban J connectivity index is 1.81. The Hall–Kier alpha value is -2.28. The first kappa shape index (κ1) is 16.6. The number of methoxy groups -OCH3 is 2. The van der Waals surface area contributed by atoms with E-state index in [0.717, 1.165) is 17.7 Å². The zero-order valence-electron chi connectivity index (χ0n) is 14.0. The van der Waals surface area contributed by atoms with E-state index in [1.165, 1.54) is 14.2 Å². The maximum absolute atomic E-state index is 12.6. The number of imide groups is 1. The van der Waals surface area contributed by atoms with Gasteiger partial charge >= 0.3 is 6.03 Å². The number of nitrogens with zero attached hydrogens (tertiary/aromatic N) is 1. The van der Waals surface area contributed by atoms with Crippen molar-refractivity contribution in [1.29, 1.82) is 0 Å². The van der Waals surface area contributed by atoms with Crippen molar-refractivity contribution >= 4 is 11.9 Å². The van der Waals surface area contributed by atoms with Crippen molar-refractivity contribution in [2.24, 2.45) is 5.92 Å². The summed E-state index contributed by atoms with van der Waals surface area (Å²) in [6, 6.07) is 4.57. The largest absolute Gasteiger partial charge is 0.497 e. The quantitative estimate of drug-likeness (QED) is 0.769. The lowest BCUT2D eigenvalue weighted by Gasteiger charge is -2.23. The predicted molar refractivity (Wildman–Crippen MR) is 85.9 cm³/mol. The van der Waals surface area contributed by atoms with Crippen molar-refractivity contribution in [3.8, 4) is 11.5 Å². The van der Waals surface area contributed by atoms with Gasteiger partial charge in [-0.25, -0.2) is 4.79 Å². The Morgan fingerprint density at radius 1 is 1.33 bits per heavy atom. The number of aliphatic hydroxyl groups excluding tert-OH is 1. The second-order valence-electron chi connectivity index (χ2n) is 6.45. The highest BCUT2D eigenvalue weighted by atomic mass is 16.5. The number of β-amino-alcohol motifs (C(OH)–C–C–N with tert-alkyl or cyclic N) is 1. The Labute approximate surface area is 140 Å². The van der Waals surface area contributed by atoms with E-state index in [1.807, 2.05) is 0 Å². The third-order valence-electron chi connectivity index (χ3n) is 4.85. The van der Waals surface area contributed by atoms with E-state index in [1.54, 1.807) is 25.1 Å². The van der Waals surface area contributed by atoms with Crippen LogP contribution < -0.4 is 14.8 Å². The maximum Gasteiger partial charge on any atom is 0.325 e. The van der Waals surface area contributed by atoms with Crippen LogP contribution in [0.2, 0.25) is 0 Å². The molecule has 1 aromatic rings. The number of rotatable bonds is 6. The van der Waals surface area contributed by atoms with Crippen LogP contribution in [-0.4, -0.2) is 48.2 Å². The van der Waals surface area contributed by atoms with E-state index in [2.05, 4.69) is 5.32 Å². The van der Waals surface area contributed by atoms with Gasteiger partial charge in [-0.2, -0.15) is 0 Å². The number of carbonyl (C=O) groups excluding carboxylic acids is 2. The van der Waals surface area contributed by atoms with E-state index in [-0.39, 0.29) is 18.4 Å². The van der Waals surface area contributed by atoms with Gasteiger partial charge in [0.05, 0.1) is 20.8 Å². The Morgan fingerprint density at radius 2 is 2.04 bits per heavy atom. The van der Waals surface area contributed by atoms with Gasteiger partial charge in [0.1, 0.15) is 23.1 Å². The SMILES string of the molecule is COc1ccc(OC)c([C@@H](O)CN2C(=O)N[C@@](C)(C3CC3)C2=O)c1. The summed E-state index contributed by atoms with van der Waals surface area (Å²) in [5.41, 5.74) is -0.382. The van der Waals surface area contributed by atoms with Crippen molar-refractivity contribution in [1.82, 2.24) is 10.2 Å². The molecule has 0 bridgehead atoms. The average molecular weight is 334 g/mol. The molecule has 1 heterocycles. The molecular weight excluding hydrogens is 312 g/mol. The van der Waals surface area contributed by atoms with Crippen LogP contribution in [0.1, 0.15) is 31.4 Å². The number of benzene rings is 1. The summed E-state index contributed by atoms with van der Waals surface area (Å²) in [4.78, 5) is 25.9. The van der Waals surface area contributed by atoms with Gasteiger partial charge in [0.2, 0.25) is 0 Å². The smallest absolute Gasteiger partial charge is 0.325 e. The van der Waals surface area contributed by atoms with Crippen molar-refractivity contribution in [3.63, 3.8) is 0 Å². The van der Waals surface area contributed by atoms with Gasteiger partial charge in [0, 0.05) is 5.56 Å². The van der Waals surface area contributed by atoms with Crippen molar-refractivity contribution in [3.05, 3.63) is 23.8 Å². The fourth-order valence-corrected chi connectivity index (χ4v) is 3.19. The molecule has 1 saturated heterocycles. The van der Waals surface area contributed by atoms with Gasteiger partial charge in [-0.3, -0.25) is 9.69 Å². The van der Waals surface area contributed by atoms with Gasteiger partial charge < -0.3 is 19.9 Å². The molecule has 1 aliphatic carbocycles. The summed E-state index contributed by atoms with van der Waals surface area (Å²) >= 11 is 0. The summed E-state index contributed by atoms with van der Waals surface area (Å²) in [6.07, 6.45) is 0.803. The molecule has 0 spiro atoms. The van der Waals surface area contributed by atoms with E-state index in [4.69, 9.17) is 9.47 Å². The molecule has 2 atom stereocenters. The fraction of sp³-hybridized carbons (Fsp3) is 0.529. The summed E-state index contributed by atoms with van der Waals surface area (Å²) in [7, 11) is 3.02. The number of hydrogen-bond acceptors (Lipinski definition) is 5. The normalized spacial score (nSPS) is 24.8. The minimum Gasteiger partial charge on any atom is -0.497 e. The molecule has 0 radical (unpaired) electrons. The molecule has 1 saturated carbocycles. The van der Waals surface area contributed by atoms with Gasteiger partial charge in [-0.15, -0.1) is 0 Å². The van der Waals surface area contributed by atoms with Crippen LogP contribution in [0.5, 0.6) is 11.5 Å². The summed E-state index contributed by atoms with van der Waals surface area (Å²) in [5.74, 6) is 0.934. The molecule has 1 aliphatic heterocycles. The first-order chi connectivity index (χ1) is 11.4. The summed E-state index contributed by atoms with van der Waals surface area (Å²) in [6.45, 7) is 1.62. The monoisotopic (exact) mass is 334 g/mol. The average Bonchev–Trinajstić information content (AvgIpc) is 3.40.